The summed E-state index contributed by atoms with van der Waals surface area (Å²) in [5.41, 5.74) is 2.44. The van der Waals surface area contributed by atoms with Crippen molar-refractivity contribution in [3.05, 3.63) is 86.8 Å². The fraction of sp³-hybridized carbons (Fsp3) is 0.148. The standard InChI is InChI=1S/C27H23FIN3O4/c1-3-35-24-14-18(12-19(15-30)27(34)32-21-9-7-20(28)8-10-21)13-23(29)26(24)36-16-25(33)31-22-6-4-5-17(2)11-22/h4-14H,3,16H2,1-2H3,(H,31,33)(H,32,34)/b19-12+. The van der Waals surface area contributed by atoms with Crippen LogP contribution in [0.4, 0.5) is 15.8 Å². The van der Waals surface area contributed by atoms with Crippen LogP contribution < -0.4 is 20.1 Å². The first-order valence-electron chi connectivity index (χ1n) is 10.9. The Labute approximate surface area is 222 Å². The predicted octanol–water partition coefficient (Wildman–Crippen LogP) is 5.70. The van der Waals surface area contributed by atoms with Crippen LogP contribution >= 0.6 is 22.6 Å². The third-order valence-electron chi connectivity index (χ3n) is 4.76. The molecule has 0 saturated carbocycles. The smallest absolute Gasteiger partial charge is 0.266 e. The van der Waals surface area contributed by atoms with Crippen molar-refractivity contribution in [3.63, 3.8) is 0 Å². The number of nitriles is 1. The van der Waals surface area contributed by atoms with Crippen molar-refractivity contribution in [2.45, 2.75) is 13.8 Å². The zero-order valence-corrected chi connectivity index (χ0v) is 21.8. The van der Waals surface area contributed by atoms with E-state index in [2.05, 4.69) is 10.6 Å². The number of carbonyl (C=O) groups is 2. The van der Waals surface area contributed by atoms with Crippen molar-refractivity contribution in [1.82, 2.24) is 0 Å². The number of amides is 2. The van der Waals surface area contributed by atoms with Crippen LogP contribution in [0.2, 0.25) is 0 Å². The Morgan fingerprint density at radius 2 is 1.81 bits per heavy atom. The fourth-order valence-electron chi connectivity index (χ4n) is 3.18. The van der Waals surface area contributed by atoms with Crippen LogP contribution in [0.15, 0.2) is 66.2 Å². The first-order valence-corrected chi connectivity index (χ1v) is 12.0. The van der Waals surface area contributed by atoms with E-state index in [0.29, 0.717) is 38.6 Å². The van der Waals surface area contributed by atoms with E-state index >= 15 is 0 Å². The molecule has 0 aliphatic carbocycles. The number of nitrogens with zero attached hydrogens (tertiary/aromatic N) is 1. The summed E-state index contributed by atoms with van der Waals surface area (Å²) >= 11 is 2.04. The molecule has 0 spiro atoms. The molecule has 7 nitrogen and oxygen atoms in total. The lowest BCUT2D eigenvalue weighted by atomic mass is 10.1. The number of hydrogen-bond acceptors (Lipinski definition) is 5. The lowest BCUT2D eigenvalue weighted by molar-refractivity contribution is -0.118. The minimum Gasteiger partial charge on any atom is -0.490 e. The van der Waals surface area contributed by atoms with Gasteiger partial charge in [-0.05, 0) is 102 Å². The highest BCUT2D eigenvalue weighted by atomic mass is 127. The normalized spacial score (nSPS) is 10.8. The van der Waals surface area contributed by atoms with Crippen LogP contribution in [0.1, 0.15) is 18.1 Å². The van der Waals surface area contributed by atoms with E-state index in [1.54, 1.807) is 25.1 Å². The second-order valence-electron chi connectivity index (χ2n) is 7.60. The van der Waals surface area contributed by atoms with Crippen LogP contribution in [0.3, 0.4) is 0 Å². The molecule has 184 valence electrons. The number of rotatable bonds is 9. The summed E-state index contributed by atoms with van der Waals surface area (Å²) in [6.45, 7) is 3.84. The highest BCUT2D eigenvalue weighted by molar-refractivity contribution is 14.1. The van der Waals surface area contributed by atoms with Gasteiger partial charge in [0.15, 0.2) is 18.1 Å². The summed E-state index contributed by atoms with van der Waals surface area (Å²) in [5.74, 6) is -0.646. The summed E-state index contributed by atoms with van der Waals surface area (Å²) < 4.78 is 25.2. The lowest BCUT2D eigenvalue weighted by Gasteiger charge is -2.15. The third-order valence-corrected chi connectivity index (χ3v) is 5.56. The number of anilines is 2. The number of carbonyl (C=O) groups excluding carboxylic acids is 2. The van der Waals surface area contributed by atoms with E-state index in [-0.39, 0.29) is 18.1 Å². The van der Waals surface area contributed by atoms with Crippen molar-refractivity contribution < 1.29 is 23.5 Å². The van der Waals surface area contributed by atoms with Gasteiger partial charge in [0.05, 0.1) is 10.2 Å². The molecule has 0 aliphatic rings. The first-order chi connectivity index (χ1) is 17.3. The first kappa shape index (κ1) is 26.7. The molecule has 0 unspecified atom stereocenters. The number of halogens is 2. The van der Waals surface area contributed by atoms with Gasteiger partial charge >= 0.3 is 0 Å². The van der Waals surface area contributed by atoms with E-state index in [1.165, 1.54) is 30.3 Å². The number of benzene rings is 3. The van der Waals surface area contributed by atoms with E-state index < -0.39 is 11.7 Å². The maximum atomic E-state index is 13.1. The Morgan fingerprint density at radius 1 is 1.06 bits per heavy atom. The van der Waals surface area contributed by atoms with Gasteiger partial charge in [-0.15, -0.1) is 0 Å². The molecule has 3 rings (SSSR count). The summed E-state index contributed by atoms with van der Waals surface area (Å²) in [4.78, 5) is 24.9. The van der Waals surface area contributed by atoms with Crippen molar-refractivity contribution in [1.29, 1.82) is 5.26 Å². The molecule has 0 fully saturated rings. The van der Waals surface area contributed by atoms with Crippen molar-refractivity contribution >= 4 is 51.9 Å². The van der Waals surface area contributed by atoms with Crippen molar-refractivity contribution in [2.75, 3.05) is 23.8 Å². The molecule has 0 aliphatic heterocycles. The van der Waals surface area contributed by atoms with Gasteiger partial charge in [0, 0.05) is 11.4 Å². The van der Waals surface area contributed by atoms with Crippen molar-refractivity contribution in [2.24, 2.45) is 0 Å². The molecule has 36 heavy (non-hydrogen) atoms. The van der Waals surface area contributed by atoms with E-state index in [4.69, 9.17) is 9.47 Å². The number of aryl methyl sites for hydroxylation is 1. The second-order valence-corrected chi connectivity index (χ2v) is 8.76. The molecule has 3 aromatic carbocycles. The predicted molar refractivity (Wildman–Crippen MR) is 144 cm³/mol. The van der Waals surface area contributed by atoms with Gasteiger partial charge in [-0.25, -0.2) is 4.39 Å². The highest BCUT2D eigenvalue weighted by Crippen LogP contribution is 2.35. The molecule has 0 bridgehead atoms. The topological polar surface area (TPSA) is 100 Å². The Morgan fingerprint density at radius 3 is 2.47 bits per heavy atom. The molecule has 0 heterocycles. The van der Waals surface area contributed by atoms with E-state index in [1.807, 2.05) is 53.8 Å². The van der Waals surface area contributed by atoms with Gasteiger partial charge in [0.25, 0.3) is 11.8 Å². The van der Waals surface area contributed by atoms with Crippen LogP contribution in [0, 0.1) is 27.6 Å². The van der Waals surface area contributed by atoms with Gasteiger partial charge in [0.2, 0.25) is 0 Å². The molecule has 2 N–H and O–H groups in total. The van der Waals surface area contributed by atoms with Crippen LogP contribution in [0.25, 0.3) is 6.08 Å². The highest BCUT2D eigenvalue weighted by Gasteiger charge is 2.16. The lowest BCUT2D eigenvalue weighted by Crippen LogP contribution is -2.20. The summed E-state index contributed by atoms with van der Waals surface area (Å²) in [6, 6.07) is 17.9. The van der Waals surface area contributed by atoms with E-state index in [0.717, 1.165) is 5.56 Å². The minimum atomic E-state index is -0.634. The molecular formula is C27H23FIN3O4. The summed E-state index contributed by atoms with van der Waals surface area (Å²) in [7, 11) is 0. The maximum absolute atomic E-state index is 13.1. The van der Waals surface area contributed by atoms with Crippen molar-refractivity contribution in [3.8, 4) is 17.6 Å². The average molecular weight is 599 g/mol. The molecular weight excluding hydrogens is 576 g/mol. The molecule has 9 heteroatoms. The monoisotopic (exact) mass is 599 g/mol. The van der Waals surface area contributed by atoms with Gasteiger partial charge in [-0.3, -0.25) is 9.59 Å². The number of ether oxygens (including phenoxy) is 2. The second kappa shape index (κ2) is 12.7. The van der Waals surface area contributed by atoms with Gasteiger partial charge in [0.1, 0.15) is 17.5 Å². The molecule has 0 aromatic heterocycles. The van der Waals surface area contributed by atoms with Gasteiger partial charge < -0.3 is 20.1 Å². The Balaban J connectivity index is 1.76. The maximum Gasteiger partial charge on any atom is 0.266 e. The molecule has 0 radical (unpaired) electrons. The van der Waals surface area contributed by atoms with Gasteiger partial charge in [-0.2, -0.15) is 5.26 Å². The SMILES string of the molecule is CCOc1cc(/C=C(\C#N)C(=O)Nc2ccc(F)cc2)cc(I)c1OCC(=O)Nc1cccc(C)c1. The minimum absolute atomic E-state index is 0.149. The van der Waals surface area contributed by atoms with Crippen LogP contribution in [0.5, 0.6) is 11.5 Å². The molecule has 0 atom stereocenters. The average Bonchev–Trinajstić information content (AvgIpc) is 2.83. The summed E-state index contributed by atoms with van der Waals surface area (Å²) in [5, 5.41) is 14.9. The Hall–Kier alpha value is -3.91. The third kappa shape index (κ3) is 7.55. The van der Waals surface area contributed by atoms with Gasteiger partial charge in [-0.1, -0.05) is 12.1 Å². The fourth-order valence-corrected chi connectivity index (χ4v) is 3.96. The number of nitrogens with one attached hydrogen (secondary N) is 2. The molecule has 2 amide bonds. The molecule has 0 saturated heterocycles. The van der Waals surface area contributed by atoms with Crippen LogP contribution in [-0.2, 0) is 9.59 Å². The zero-order valence-electron chi connectivity index (χ0n) is 19.6. The Bertz CT molecular complexity index is 1330. The summed E-state index contributed by atoms with van der Waals surface area (Å²) in [6.07, 6.45) is 1.41. The van der Waals surface area contributed by atoms with Crippen LogP contribution in [-0.4, -0.2) is 25.0 Å². The molecule has 3 aromatic rings. The van der Waals surface area contributed by atoms with E-state index in [9.17, 15) is 19.2 Å². The quantitative estimate of drug-likeness (QED) is 0.187. The largest absolute Gasteiger partial charge is 0.490 e. The zero-order chi connectivity index (χ0) is 26.1. The Kier molecular flexibility index (Phi) is 9.41. The number of hydrogen-bond donors (Lipinski definition) is 2.